The fourth-order valence-corrected chi connectivity index (χ4v) is 4.67. The Labute approximate surface area is 204 Å². The molecule has 2 amide bonds. The van der Waals surface area contributed by atoms with Crippen molar-refractivity contribution in [1.29, 1.82) is 0 Å². The molecule has 7 nitrogen and oxygen atoms in total. The van der Waals surface area contributed by atoms with Crippen LogP contribution in [-0.4, -0.2) is 36.1 Å². The lowest BCUT2D eigenvalue weighted by Crippen LogP contribution is -2.59. The fraction of sp³-hybridized carbons (Fsp3) is 0.393. The Balaban J connectivity index is 1.37. The van der Waals surface area contributed by atoms with E-state index < -0.39 is 5.54 Å². The number of fused-ring (bicyclic) bond motifs is 1. The molecular formula is C28H31N3O4. The van der Waals surface area contributed by atoms with Crippen LogP contribution in [0.4, 0.5) is 0 Å². The summed E-state index contributed by atoms with van der Waals surface area (Å²) in [5.74, 6) is -0.359. The van der Waals surface area contributed by atoms with Crippen molar-refractivity contribution in [2.24, 2.45) is 5.92 Å². The number of aryl methyl sites for hydroxylation is 1. The molecule has 7 heteroatoms. The highest BCUT2D eigenvalue weighted by Gasteiger charge is 2.47. The molecular weight excluding hydrogens is 442 g/mol. The monoisotopic (exact) mass is 473 g/mol. The topological polar surface area (TPSA) is 96.5 Å². The van der Waals surface area contributed by atoms with Crippen molar-refractivity contribution in [3.05, 3.63) is 58.0 Å². The molecule has 1 aliphatic heterocycles. The van der Waals surface area contributed by atoms with Gasteiger partial charge in [-0.25, -0.2) is 4.79 Å². The van der Waals surface area contributed by atoms with Gasteiger partial charge in [0.25, 0.3) is 5.91 Å². The van der Waals surface area contributed by atoms with Crippen LogP contribution in [0.15, 0.2) is 36.4 Å². The maximum Gasteiger partial charge on any atom is 0.331 e. The molecule has 0 bridgehead atoms. The summed E-state index contributed by atoms with van der Waals surface area (Å²) < 4.78 is 5.21. The van der Waals surface area contributed by atoms with Crippen LogP contribution in [0.25, 0.3) is 23.4 Å². The van der Waals surface area contributed by atoms with Gasteiger partial charge in [0, 0.05) is 17.7 Å². The number of esters is 1. The van der Waals surface area contributed by atoms with Crippen LogP contribution in [0.3, 0.4) is 0 Å². The van der Waals surface area contributed by atoms with Crippen molar-refractivity contribution >= 4 is 30.1 Å². The Morgan fingerprint density at radius 3 is 2.57 bits per heavy atom. The van der Waals surface area contributed by atoms with Crippen molar-refractivity contribution < 1.29 is 19.1 Å². The van der Waals surface area contributed by atoms with Crippen LogP contribution in [0.5, 0.6) is 0 Å². The van der Waals surface area contributed by atoms with E-state index in [1.165, 1.54) is 0 Å². The zero-order chi connectivity index (χ0) is 24.6. The summed E-state index contributed by atoms with van der Waals surface area (Å²) in [7, 11) is 0. The molecule has 2 aromatic carbocycles. The van der Waals surface area contributed by atoms with Crippen molar-refractivity contribution in [3.8, 4) is 11.1 Å². The second kappa shape index (κ2) is 9.21. The first-order valence-electron chi connectivity index (χ1n) is 12.4. The highest BCUT2D eigenvalue weighted by atomic mass is 16.5. The normalized spacial score (nSPS) is 19.5. The number of benzene rings is 2. The van der Waals surface area contributed by atoms with Gasteiger partial charge in [-0.05, 0) is 97.4 Å². The quantitative estimate of drug-likeness (QED) is 0.534. The second-order valence-electron chi connectivity index (χ2n) is 9.72. The number of hydrogen-bond donors (Lipinski definition) is 3. The SMILES string of the molecule is CCOC(=O)C1(NC(=O)c2ccc(C)c(-c3ccc4c(c3)=CNC(NC(=O)C3CC3)C=4)c2)CCC1. The Morgan fingerprint density at radius 2 is 1.89 bits per heavy atom. The first kappa shape index (κ1) is 23.1. The maximum absolute atomic E-state index is 13.1. The van der Waals surface area contributed by atoms with E-state index in [0.717, 1.165) is 46.4 Å². The van der Waals surface area contributed by atoms with Gasteiger partial charge in [0.2, 0.25) is 5.91 Å². The molecule has 3 N–H and O–H groups in total. The van der Waals surface area contributed by atoms with Crippen molar-refractivity contribution in [3.63, 3.8) is 0 Å². The van der Waals surface area contributed by atoms with Gasteiger partial charge in [-0.2, -0.15) is 0 Å². The van der Waals surface area contributed by atoms with E-state index in [9.17, 15) is 14.4 Å². The third-order valence-electron chi connectivity index (χ3n) is 7.13. The zero-order valence-electron chi connectivity index (χ0n) is 20.1. The Kier molecular flexibility index (Phi) is 6.09. The lowest BCUT2D eigenvalue weighted by Gasteiger charge is -2.39. The number of carbonyl (C=O) groups is 3. The molecule has 1 atom stereocenters. The predicted molar refractivity (Wildman–Crippen MR) is 133 cm³/mol. The number of nitrogens with one attached hydrogen (secondary N) is 3. The van der Waals surface area contributed by atoms with Crippen LogP contribution >= 0.6 is 0 Å². The molecule has 5 rings (SSSR count). The second-order valence-corrected chi connectivity index (χ2v) is 9.72. The molecule has 0 radical (unpaired) electrons. The zero-order valence-corrected chi connectivity index (χ0v) is 20.1. The summed E-state index contributed by atoms with van der Waals surface area (Å²) >= 11 is 0. The summed E-state index contributed by atoms with van der Waals surface area (Å²) in [5, 5.41) is 11.3. The summed E-state index contributed by atoms with van der Waals surface area (Å²) in [5.41, 5.74) is 2.60. The van der Waals surface area contributed by atoms with Crippen molar-refractivity contribution in [2.45, 2.75) is 57.7 Å². The Hall–Kier alpha value is -3.61. The largest absolute Gasteiger partial charge is 0.464 e. The average molecular weight is 474 g/mol. The van der Waals surface area contributed by atoms with Gasteiger partial charge < -0.3 is 20.7 Å². The molecule has 2 saturated carbocycles. The molecule has 35 heavy (non-hydrogen) atoms. The van der Waals surface area contributed by atoms with E-state index in [0.29, 0.717) is 25.0 Å². The lowest BCUT2D eigenvalue weighted by atomic mass is 9.76. The summed E-state index contributed by atoms with van der Waals surface area (Å²) in [4.78, 5) is 37.6. The van der Waals surface area contributed by atoms with E-state index in [-0.39, 0.29) is 29.9 Å². The Bertz CT molecular complexity index is 1310. The maximum atomic E-state index is 13.1. The smallest absolute Gasteiger partial charge is 0.331 e. The van der Waals surface area contributed by atoms with Crippen LogP contribution in [0, 0.1) is 12.8 Å². The van der Waals surface area contributed by atoms with Crippen LogP contribution in [0.1, 0.15) is 54.9 Å². The minimum Gasteiger partial charge on any atom is -0.464 e. The number of amides is 2. The number of hydrogen-bond acceptors (Lipinski definition) is 5. The minimum absolute atomic E-state index is 0.101. The van der Waals surface area contributed by atoms with E-state index in [1.54, 1.807) is 13.0 Å². The van der Waals surface area contributed by atoms with Gasteiger partial charge in [0.1, 0.15) is 11.7 Å². The highest BCUT2D eigenvalue weighted by molar-refractivity contribution is 5.99. The molecule has 0 aromatic heterocycles. The van der Waals surface area contributed by atoms with Crippen LogP contribution < -0.4 is 26.4 Å². The first-order chi connectivity index (χ1) is 16.9. The van der Waals surface area contributed by atoms with Gasteiger partial charge in [0.05, 0.1) is 6.61 Å². The molecule has 182 valence electrons. The molecule has 2 fully saturated rings. The van der Waals surface area contributed by atoms with E-state index in [1.807, 2.05) is 43.5 Å². The van der Waals surface area contributed by atoms with E-state index in [4.69, 9.17) is 4.74 Å². The lowest BCUT2D eigenvalue weighted by molar-refractivity contribution is -0.154. The minimum atomic E-state index is -0.911. The standard InChI is InChI=1S/C28H31N3O4/c1-3-35-27(34)28(11-4-12-28)31-26(33)21-6-5-17(2)23(14-21)20-10-9-19-15-24(29-16-22(19)13-20)30-25(32)18-7-8-18/h5-6,9-10,13-16,18,24,29H,3-4,7-8,11-12H2,1-2H3,(H,30,32)(H,31,33). The summed E-state index contributed by atoms with van der Waals surface area (Å²) in [6, 6.07) is 11.7. The van der Waals surface area contributed by atoms with Gasteiger partial charge in [-0.3, -0.25) is 9.59 Å². The van der Waals surface area contributed by atoms with Gasteiger partial charge in [-0.15, -0.1) is 0 Å². The summed E-state index contributed by atoms with van der Waals surface area (Å²) in [6.07, 6.45) is 7.76. The van der Waals surface area contributed by atoms with Crippen molar-refractivity contribution in [2.75, 3.05) is 6.61 Å². The molecule has 0 saturated heterocycles. The van der Waals surface area contributed by atoms with Gasteiger partial charge in [0.15, 0.2) is 0 Å². The first-order valence-corrected chi connectivity index (χ1v) is 12.4. The number of carbonyl (C=O) groups excluding carboxylic acids is 3. The van der Waals surface area contributed by atoms with Gasteiger partial charge in [-0.1, -0.05) is 18.2 Å². The average Bonchev–Trinajstić information content (AvgIpc) is 3.67. The molecule has 2 aromatic rings. The van der Waals surface area contributed by atoms with Crippen molar-refractivity contribution in [1.82, 2.24) is 16.0 Å². The summed E-state index contributed by atoms with van der Waals surface area (Å²) in [6.45, 7) is 4.08. The molecule has 2 aliphatic carbocycles. The van der Waals surface area contributed by atoms with E-state index in [2.05, 4.69) is 22.0 Å². The van der Waals surface area contributed by atoms with Crippen LogP contribution in [0.2, 0.25) is 0 Å². The third kappa shape index (κ3) is 4.67. The van der Waals surface area contributed by atoms with E-state index >= 15 is 0 Å². The Morgan fingerprint density at radius 1 is 1.09 bits per heavy atom. The van der Waals surface area contributed by atoms with Crippen LogP contribution in [-0.2, 0) is 14.3 Å². The van der Waals surface area contributed by atoms with Gasteiger partial charge >= 0.3 is 5.97 Å². The molecule has 1 unspecified atom stereocenters. The highest BCUT2D eigenvalue weighted by Crippen LogP contribution is 2.34. The number of rotatable bonds is 7. The fourth-order valence-electron chi connectivity index (χ4n) is 4.67. The third-order valence-corrected chi connectivity index (χ3v) is 7.13. The predicted octanol–water partition coefficient (Wildman–Crippen LogP) is 1.85. The number of ether oxygens (including phenoxy) is 1. The molecule has 0 spiro atoms. The molecule has 3 aliphatic rings. The molecule has 1 heterocycles.